The van der Waals surface area contributed by atoms with Crippen molar-refractivity contribution < 1.29 is 19.4 Å². The number of aromatic nitrogens is 1. The van der Waals surface area contributed by atoms with Gasteiger partial charge < -0.3 is 25.8 Å². The molecule has 8 nitrogen and oxygen atoms in total. The van der Waals surface area contributed by atoms with Crippen LogP contribution >= 0.6 is 11.6 Å². The Morgan fingerprint density at radius 1 is 1.16 bits per heavy atom. The number of carbonyl (C=O) groups excluding carboxylic acids is 2. The van der Waals surface area contributed by atoms with Gasteiger partial charge in [0.1, 0.15) is 6.10 Å². The topological polar surface area (TPSA) is 113 Å². The first-order valence-corrected chi connectivity index (χ1v) is 10.7. The second-order valence-electron chi connectivity index (χ2n) is 7.40. The van der Waals surface area contributed by atoms with Gasteiger partial charge in [-0.2, -0.15) is 0 Å². The van der Waals surface area contributed by atoms with Crippen LogP contribution in [-0.4, -0.2) is 53.4 Å². The molecule has 1 aliphatic rings. The molecule has 0 aliphatic carbocycles. The molecule has 166 valence electrons. The molecule has 0 saturated carbocycles. The molecule has 3 atom stereocenters. The monoisotopic (exact) mass is 446 g/mol. The Bertz CT molecular complexity index is 850. The predicted molar refractivity (Wildman–Crippen MR) is 118 cm³/mol. The maximum atomic E-state index is 12.3. The summed E-state index contributed by atoms with van der Waals surface area (Å²) in [5.41, 5.74) is 1.35. The van der Waals surface area contributed by atoms with Gasteiger partial charge >= 0.3 is 6.03 Å². The molecule has 3 rings (SSSR count). The molecule has 1 saturated heterocycles. The van der Waals surface area contributed by atoms with E-state index in [0.29, 0.717) is 30.1 Å². The van der Waals surface area contributed by atoms with Gasteiger partial charge in [0.2, 0.25) is 5.91 Å². The number of rotatable bonds is 8. The largest absolute Gasteiger partial charge is 0.394 e. The van der Waals surface area contributed by atoms with Crippen LogP contribution < -0.4 is 16.0 Å². The number of aliphatic hydroxyl groups excluding tert-OH is 1. The number of hydrogen-bond acceptors (Lipinski definition) is 5. The number of carbonyl (C=O) groups is 2. The Kier molecular flexibility index (Phi) is 8.63. The lowest BCUT2D eigenvalue weighted by Gasteiger charge is -2.36. The summed E-state index contributed by atoms with van der Waals surface area (Å²) >= 11 is 5.85. The minimum absolute atomic E-state index is 0.0911. The van der Waals surface area contributed by atoms with Crippen LogP contribution in [0.25, 0.3) is 0 Å². The van der Waals surface area contributed by atoms with Crippen molar-refractivity contribution in [3.8, 4) is 0 Å². The summed E-state index contributed by atoms with van der Waals surface area (Å²) in [7, 11) is 0. The Balaban J connectivity index is 1.39. The molecule has 4 N–H and O–H groups in total. The van der Waals surface area contributed by atoms with Gasteiger partial charge in [0, 0.05) is 29.1 Å². The number of hydrogen-bond donors (Lipinski definition) is 4. The molecule has 1 aromatic carbocycles. The number of aliphatic hydroxyl groups is 1. The standard InChI is InChI=1S/C22H27ClN4O4/c23-15-4-6-16(7-5-15)26-22(30)27-19-9-8-18(31-20(19)14-28)10-12-25-21(29)13-17-3-1-2-11-24-17/h1-7,11,18-20,28H,8-10,12-14H2,(H,25,29)(H2,26,27,30)/t18-,19-,20+/m0/s1. The molecule has 1 aliphatic heterocycles. The van der Waals surface area contributed by atoms with E-state index >= 15 is 0 Å². The molecular formula is C22H27ClN4O4. The average molecular weight is 447 g/mol. The zero-order chi connectivity index (χ0) is 22.1. The van der Waals surface area contributed by atoms with Crippen LogP contribution in [0.1, 0.15) is 25.0 Å². The van der Waals surface area contributed by atoms with Crippen molar-refractivity contribution in [1.29, 1.82) is 0 Å². The number of benzene rings is 1. The second kappa shape index (κ2) is 11.6. The van der Waals surface area contributed by atoms with E-state index in [1.807, 2.05) is 18.2 Å². The SMILES string of the molecule is O=C(Cc1ccccn1)NCC[C@@H]1CC[C@H](NC(=O)Nc2ccc(Cl)cc2)[C@@H](CO)O1. The van der Waals surface area contributed by atoms with Crippen molar-refractivity contribution in [2.75, 3.05) is 18.5 Å². The van der Waals surface area contributed by atoms with E-state index in [1.54, 1.807) is 30.5 Å². The first kappa shape index (κ1) is 23.0. The van der Waals surface area contributed by atoms with Crippen molar-refractivity contribution in [1.82, 2.24) is 15.6 Å². The number of ether oxygens (including phenoxy) is 1. The van der Waals surface area contributed by atoms with Gasteiger partial charge in [0.05, 0.1) is 25.2 Å². The highest BCUT2D eigenvalue weighted by atomic mass is 35.5. The quantitative estimate of drug-likeness (QED) is 0.497. The molecule has 1 aromatic heterocycles. The van der Waals surface area contributed by atoms with Crippen molar-refractivity contribution in [3.05, 3.63) is 59.4 Å². The Morgan fingerprint density at radius 3 is 2.68 bits per heavy atom. The number of halogens is 1. The Labute approximate surface area is 186 Å². The van der Waals surface area contributed by atoms with Crippen molar-refractivity contribution in [2.45, 2.75) is 43.9 Å². The van der Waals surface area contributed by atoms with Crippen LogP contribution in [0.2, 0.25) is 5.02 Å². The van der Waals surface area contributed by atoms with Gasteiger partial charge in [-0.25, -0.2) is 4.79 Å². The van der Waals surface area contributed by atoms with E-state index in [-0.39, 0.29) is 37.1 Å². The molecule has 9 heteroatoms. The minimum atomic E-state index is -0.501. The number of pyridine rings is 1. The lowest BCUT2D eigenvalue weighted by Crippen LogP contribution is -2.52. The van der Waals surface area contributed by atoms with E-state index in [9.17, 15) is 14.7 Å². The Morgan fingerprint density at radius 2 is 1.97 bits per heavy atom. The van der Waals surface area contributed by atoms with E-state index in [0.717, 1.165) is 12.1 Å². The first-order chi connectivity index (χ1) is 15.0. The lowest BCUT2D eigenvalue weighted by atomic mass is 9.97. The van der Waals surface area contributed by atoms with Crippen molar-refractivity contribution in [3.63, 3.8) is 0 Å². The molecular weight excluding hydrogens is 420 g/mol. The summed E-state index contributed by atoms with van der Waals surface area (Å²) in [6.07, 6.45) is 3.33. The molecule has 0 bridgehead atoms. The molecule has 0 unspecified atom stereocenters. The number of urea groups is 1. The van der Waals surface area contributed by atoms with Crippen LogP contribution in [0.15, 0.2) is 48.7 Å². The average Bonchev–Trinajstić information content (AvgIpc) is 2.77. The minimum Gasteiger partial charge on any atom is -0.394 e. The maximum Gasteiger partial charge on any atom is 0.319 e. The number of anilines is 1. The summed E-state index contributed by atoms with van der Waals surface area (Å²) in [6, 6.07) is 11.6. The highest BCUT2D eigenvalue weighted by Gasteiger charge is 2.31. The van der Waals surface area contributed by atoms with E-state index in [1.165, 1.54) is 0 Å². The molecule has 0 radical (unpaired) electrons. The molecule has 3 amide bonds. The van der Waals surface area contributed by atoms with E-state index < -0.39 is 6.10 Å². The lowest BCUT2D eigenvalue weighted by molar-refractivity contribution is -0.121. The molecule has 2 heterocycles. The van der Waals surface area contributed by atoms with Gasteiger partial charge in [-0.1, -0.05) is 17.7 Å². The fourth-order valence-electron chi connectivity index (χ4n) is 3.48. The first-order valence-electron chi connectivity index (χ1n) is 10.3. The Hall–Kier alpha value is -2.68. The van der Waals surface area contributed by atoms with Crippen molar-refractivity contribution >= 4 is 29.2 Å². The third-order valence-electron chi connectivity index (χ3n) is 5.07. The van der Waals surface area contributed by atoms with Gasteiger partial charge in [0.15, 0.2) is 0 Å². The summed E-state index contributed by atoms with van der Waals surface area (Å²) in [5, 5.41) is 18.8. The maximum absolute atomic E-state index is 12.3. The fraction of sp³-hybridized carbons (Fsp3) is 0.409. The fourth-order valence-corrected chi connectivity index (χ4v) is 3.61. The van der Waals surface area contributed by atoms with E-state index in [4.69, 9.17) is 16.3 Å². The van der Waals surface area contributed by atoms with Crippen LogP contribution in [0.4, 0.5) is 10.5 Å². The third-order valence-corrected chi connectivity index (χ3v) is 5.32. The van der Waals surface area contributed by atoms with E-state index in [2.05, 4.69) is 20.9 Å². The van der Waals surface area contributed by atoms with Gasteiger partial charge in [-0.3, -0.25) is 9.78 Å². The molecule has 2 aromatic rings. The molecule has 1 fully saturated rings. The highest BCUT2D eigenvalue weighted by Crippen LogP contribution is 2.22. The van der Waals surface area contributed by atoms with Crippen LogP contribution in [0.3, 0.4) is 0 Å². The van der Waals surface area contributed by atoms with Crippen LogP contribution in [0.5, 0.6) is 0 Å². The second-order valence-corrected chi connectivity index (χ2v) is 7.84. The van der Waals surface area contributed by atoms with Crippen molar-refractivity contribution in [2.24, 2.45) is 0 Å². The van der Waals surface area contributed by atoms with Gasteiger partial charge in [-0.15, -0.1) is 0 Å². The number of nitrogens with one attached hydrogen (secondary N) is 3. The predicted octanol–water partition coefficient (Wildman–Crippen LogP) is 2.51. The van der Waals surface area contributed by atoms with Gasteiger partial charge in [-0.05, 0) is 55.7 Å². The number of nitrogens with zero attached hydrogens (tertiary/aromatic N) is 1. The van der Waals surface area contributed by atoms with Crippen LogP contribution in [0, 0.1) is 0 Å². The zero-order valence-electron chi connectivity index (χ0n) is 17.1. The number of amides is 3. The van der Waals surface area contributed by atoms with Crippen LogP contribution in [-0.2, 0) is 16.0 Å². The normalized spacial score (nSPS) is 20.6. The zero-order valence-corrected chi connectivity index (χ0v) is 17.8. The summed E-state index contributed by atoms with van der Waals surface area (Å²) in [5.74, 6) is -0.0911. The molecule has 0 spiro atoms. The summed E-state index contributed by atoms with van der Waals surface area (Å²) in [6.45, 7) is 0.276. The summed E-state index contributed by atoms with van der Waals surface area (Å²) in [4.78, 5) is 28.4. The molecule has 31 heavy (non-hydrogen) atoms. The third kappa shape index (κ3) is 7.50. The summed E-state index contributed by atoms with van der Waals surface area (Å²) < 4.78 is 5.94. The highest BCUT2D eigenvalue weighted by molar-refractivity contribution is 6.30. The smallest absolute Gasteiger partial charge is 0.319 e. The van der Waals surface area contributed by atoms with Gasteiger partial charge in [0.25, 0.3) is 0 Å².